The highest BCUT2D eigenvalue weighted by atomic mass is 79.9. The first-order chi connectivity index (χ1) is 30.2. The molecule has 4 aromatic carbocycles. The first kappa shape index (κ1) is 42.2. The molecular weight excluding hydrogens is 878 g/mol. The predicted molar refractivity (Wildman–Crippen MR) is 254 cm³/mol. The maximum atomic E-state index is 8.25. The molecule has 320 valence electrons. The van der Waals surface area contributed by atoms with Gasteiger partial charge < -0.3 is 20.0 Å². The molecule has 4 aliphatic carbocycles. The van der Waals surface area contributed by atoms with Gasteiger partial charge >= 0.3 is 7.12 Å². The SMILES string of the molecule is Clc1ccccc1-c1nc2c([nH]1)CN(C1CCc3cc(Br)ccc3C1)CC2.Clc1ccccc1-c1nc2c([nH]1)CN(C1CCc3cc(C4CC4)ccc3C1)CC2.OB(O)C1CC1. The minimum Gasteiger partial charge on any atom is -0.427 e. The largest absolute Gasteiger partial charge is 0.454 e. The summed E-state index contributed by atoms with van der Waals surface area (Å²) in [5.74, 6) is 2.87. The first-order valence-corrected chi connectivity index (χ1v) is 24.2. The molecule has 0 spiro atoms. The first-order valence-electron chi connectivity index (χ1n) is 22.6. The van der Waals surface area contributed by atoms with E-state index in [4.69, 9.17) is 43.2 Å². The number of aromatic nitrogens is 4. The molecule has 0 amide bonds. The van der Waals surface area contributed by atoms with Gasteiger partial charge in [0.1, 0.15) is 11.6 Å². The van der Waals surface area contributed by atoms with Crippen LogP contribution in [0, 0.1) is 0 Å². The normalized spacial score (nSPS) is 20.7. The Balaban J connectivity index is 0.000000131. The van der Waals surface area contributed by atoms with E-state index in [0.717, 1.165) is 103 Å². The molecule has 12 heteroatoms. The number of rotatable bonds is 6. The Labute approximate surface area is 383 Å². The summed E-state index contributed by atoms with van der Waals surface area (Å²) in [4.78, 5) is 22.1. The van der Waals surface area contributed by atoms with Gasteiger partial charge in [-0.3, -0.25) is 9.80 Å². The van der Waals surface area contributed by atoms with Gasteiger partial charge in [-0.05, 0) is 127 Å². The van der Waals surface area contributed by atoms with E-state index in [1.165, 1.54) is 76.9 Å². The molecule has 4 heterocycles. The summed E-state index contributed by atoms with van der Waals surface area (Å²) in [6.45, 7) is 4.09. The van der Waals surface area contributed by atoms with Crippen LogP contribution in [-0.2, 0) is 51.6 Å². The van der Waals surface area contributed by atoms with Crippen LogP contribution in [-0.4, -0.2) is 72.1 Å². The Morgan fingerprint density at radius 2 is 1.11 bits per heavy atom. The molecule has 6 aliphatic rings. The van der Waals surface area contributed by atoms with Crippen molar-refractivity contribution in [1.82, 2.24) is 29.7 Å². The van der Waals surface area contributed by atoms with E-state index in [9.17, 15) is 0 Å². The van der Waals surface area contributed by atoms with Crippen LogP contribution in [0.25, 0.3) is 22.8 Å². The Morgan fingerprint density at radius 3 is 1.60 bits per heavy atom. The summed E-state index contributed by atoms with van der Waals surface area (Å²) in [5, 5.41) is 18.0. The van der Waals surface area contributed by atoms with Crippen molar-refractivity contribution in [2.45, 2.75) is 114 Å². The van der Waals surface area contributed by atoms with Crippen LogP contribution in [0.5, 0.6) is 0 Å². The highest BCUT2D eigenvalue weighted by Crippen LogP contribution is 2.42. The van der Waals surface area contributed by atoms with Gasteiger partial charge in [0.05, 0.1) is 32.8 Å². The van der Waals surface area contributed by atoms with Crippen molar-refractivity contribution in [3.05, 3.63) is 150 Å². The fraction of sp³-hybridized carbons (Fsp3) is 0.400. The summed E-state index contributed by atoms with van der Waals surface area (Å²) in [6.07, 6.45) is 14.0. The van der Waals surface area contributed by atoms with Crippen molar-refractivity contribution in [3.63, 3.8) is 0 Å². The number of halogens is 3. The van der Waals surface area contributed by atoms with Gasteiger partial charge in [-0.2, -0.15) is 0 Å². The van der Waals surface area contributed by atoms with Crippen LogP contribution in [0.3, 0.4) is 0 Å². The molecule has 2 saturated carbocycles. The molecule has 62 heavy (non-hydrogen) atoms. The fourth-order valence-electron chi connectivity index (χ4n) is 9.96. The topological polar surface area (TPSA) is 104 Å². The van der Waals surface area contributed by atoms with Crippen molar-refractivity contribution in [3.8, 4) is 22.8 Å². The Hall–Kier alpha value is -3.74. The lowest BCUT2D eigenvalue weighted by Gasteiger charge is -2.37. The van der Waals surface area contributed by atoms with Crippen molar-refractivity contribution in [2.75, 3.05) is 13.1 Å². The van der Waals surface area contributed by atoms with Gasteiger partial charge in [0.2, 0.25) is 0 Å². The van der Waals surface area contributed by atoms with Crippen LogP contribution in [0.1, 0.15) is 95.0 Å². The summed E-state index contributed by atoms with van der Waals surface area (Å²) < 4.78 is 1.19. The monoisotopic (exact) mass is 930 g/mol. The van der Waals surface area contributed by atoms with Gasteiger partial charge in [0.25, 0.3) is 0 Å². The molecule has 2 aromatic heterocycles. The molecule has 2 unspecified atom stereocenters. The molecule has 6 aromatic rings. The highest BCUT2D eigenvalue weighted by molar-refractivity contribution is 9.10. The Morgan fingerprint density at radius 1 is 0.597 bits per heavy atom. The van der Waals surface area contributed by atoms with E-state index in [-0.39, 0.29) is 5.82 Å². The second-order valence-electron chi connectivity index (χ2n) is 18.2. The van der Waals surface area contributed by atoms with Crippen LogP contribution >= 0.6 is 39.1 Å². The van der Waals surface area contributed by atoms with Gasteiger partial charge in [-0.25, -0.2) is 9.97 Å². The Bertz CT molecular complexity index is 2550. The lowest BCUT2D eigenvalue weighted by molar-refractivity contribution is 0.160. The number of aromatic amines is 2. The van der Waals surface area contributed by atoms with Crippen LogP contribution in [0.2, 0.25) is 15.9 Å². The molecule has 0 saturated heterocycles. The zero-order chi connectivity index (χ0) is 42.3. The van der Waals surface area contributed by atoms with Crippen LogP contribution in [0.15, 0.2) is 89.4 Å². The second-order valence-corrected chi connectivity index (χ2v) is 19.9. The number of benzene rings is 4. The molecule has 2 fully saturated rings. The van der Waals surface area contributed by atoms with Gasteiger partial charge in [-0.1, -0.05) is 101 Å². The van der Waals surface area contributed by atoms with Crippen molar-refractivity contribution in [2.24, 2.45) is 0 Å². The van der Waals surface area contributed by atoms with Gasteiger partial charge in [0, 0.05) is 66.7 Å². The zero-order valence-electron chi connectivity index (χ0n) is 35.1. The lowest BCUT2D eigenvalue weighted by Crippen LogP contribution is -2.42. The molecule has 12 rings (SSSR count). The average Bonchev–Trinajstić information content (AvgIpc) is 4.24. The fourth-order valence-corrected chi connectivity index (χ4v) is 10.8. The van der Waals surface area contributed by atoms with Gasteiger partial charge in [0.15, 0.2) is 0 Å². The third kappa shape index (κ3) is 9.53. The van der Waals surface area contributed by atoms with Crippen molar-refractivity contribution < 1.29 is 10.0 Å². The Kier molecular flexibility index (Phi) is 12.5. The minimum atomic E-state index is -1.04. The third-order valence-electron chi connectivity index (χ3n) is 13.9. The lowest BCUT2D eigenvalue weighted by atomic mass is 9.84. The smallest absolute Gasteiger partial charge is 0.427 e. The number of H-pyrrole nitrogens is 2. The predicted octanol–water partition coefficient (Wildman–Crippen LogP) is 10.6. The standard InChI is InChI=1S/C25H26ClN3.C22H21BrClN3.C3H7BO2/c26-22-4-2-1-3-21(22)25-27-23-11-12-29(15-24(23)28-25)20-10-9-18-13-17(16-5-6-16)7-8-19(18)14-20;23-16-7-5-15-12-17(8-6-14(15)11-16)27-10-9-20-21(13-27)26-22(25-20)18-3-1-2-4-19(18)24;5-4(6)3-1-2-3/h1-4,7-8,13,16,20H,5-6,9-12,14-15H2,(H,27,28);1-5,7,11,17H,6,8-10,12-13H2,(H,25,26);3,5-6H,1-2H2. The molecule has 4 N–H and O–H groups in total. The summed E-state index contributed by atoms with van der Waals surface area (Å²) in [7, 11) is -1.04. The molecule has 0 radical (unpaired) electrons. The van der Waals surface area contributed by atoms with Crippen LogP contribution < -0.4 is 0 Å². The maximum Gasteiger partial charge on any atom is 0.454 e. The maximum absolute atomic E-state index is 8.25. The van der Waals surface area contributed by atoms with E-state index in [0.29, 0.717) is 12.1 Å². The number of nitrogens with one attached hydrogen (secondary N) is 2. The van der Waals surface area contributed by atoms with E-state index in [1.807, 2.05) is 48.5 Å². The number of imidazole rings is 2. The van der Waals surface area contributed by atoms with Crippen molar-refractivity contribution >= 4 is 46.3 Å². The van der Waals surface area contributed by atoms with Gasteiger partial charge in [-0.15, -0.1) is 0 Å². The minimum absolute atomic E-state index is 0.213. The number of aryl methyl sites for hydroxylation is 2. The van der Waals surface area contributed by atoms with E-state index in [1.54, 1.807) is 16.7 Å². The third-order valence-corrected chi connectivity index (χ3v) is 15.1. The highest BCUT2D eigenvalue weighted by Gasteiger charge is 2.34. The van der Waals surface area contributed by atoms with Crippen molar-refractivity contribution in [1.29, 1.82) is 0 Å². The second kappa shape index (κ2) is 18.4. The average molecular weight is 933 g/mol. The molecule has 2 atom stereocenters. The van der Waals surface area contributed by atoms with Crippen LogP contribution in [0.4, 0.5) is 0 Å². The summed E-state index contributed by atoms with van der Waals surface area (Å²) in [5.41, 5.74) is 14.6. The number of hydrogen-bond donors (Lipinski definition) is 4. The molecule has 0 bridgehead atoms. The molecule has 2 aliphatic heterocycles. The van der Waals surface area contributed by atoms with E-state index < -0.39 is 7.12 Å². The number of fused-ring (bicyclic) bond motifs is 4. The summed E-state index contributed by atoms with van der Waals surface area (Å²) >= 11 is 16.3. The summed E-state index contributed by atoms with van der Waals surface area (Å²) in [6, 6.07) is 31.1. The quantitative estimate of drug-likeness (QED) is 0.124. The van der Waals surface area contributed by atoms with E-state index >= 15 is 0 Å². The molecule has 8 nitrogen and oxygen atoms in total. The van der Waals surface area contributed by atoms with E-state index in [2.05, 4.69) is 72.1 Å². The number of nitrogens with zero attached hydrogens (tertiary/aromatic N) is 4. The zero-order valence-corrected chi connectivity index (χ0v) is 38.2. The number of hydrogen-bond acceptors (Lipinski definition) is 6. The molecular formula is C50H54BBrCl2N6O2.